The zero-order chi connectivity index (χ0) is 35.5. The number of esters is 2. The molecule has 7 rings (SSSR count). The summed E-state index contributed by atoms with van der Waals surface area (Å²) in [6.45, 7) is 19.3. The number of carbonyl (C=O) groups is 3. The van der Waals surface area contributed by atoms with Crippen LogP contribution in [0.1, 0.15) is 148 Å². The summed E-state index contributed by atoms with van der Waals surface area (Å²) in [5.41, 5.74) is 2.70. The Bertz CT molecular complexity index is 1660. The lowest BCUT2D eigenvalue weighted by molar-refractivity contribution is -0.170. The van der Waals surface area contributed by atoms with Crippen LogP contribution in [0.25, 0.3) is 0 Å². The highest BCUT2D eigenvalue weighted by molar-refractivity contribution is 5.96. The van der Waals surface area contributed by atoms with Crippen molar-refractivity contribution in [2.24, 2.45) is 34.0 Å². The number of aliphatic hydroxyl groups is 1. The van der Waals surface area contributed by atoms with Crippen LogP contribution in [-0.4, -0.2) is 34.2 Å². The first-order chi connectivity index (χ1) is 22.9. The van der Waals surface area contributed by atoms with Crippen LogP contribution in [0.4, 0.5) is 0 Å². The molecule has 266 valence electrons. The Labute approximate surface area is 291 Å². The van der Waals surface area contributed by atoms with Gasteiger partial charge in [-0.2, -0.15) is 0 Å². The van der Waals surface area contributed by atoms with E-state index in [4.69, 9.17) is 9.47 Å². The Morgan fingerprint density at radius 3 is 2.33 bits per heavy atom. The second kappa shape index (κ2) is 11.3. The molecule has 0 bridgehead atoms. The van der Waals surface area contributed by atoms with Crippen LogP contribution in [0, 0.1) is 34.0 Å². The highest BCUT2D eigenvalue weighted by Crippen LogP contribution is 2.67. The van der Waals surface area contributed by atoms with Crippen molar-refractivity contribution in [2.75, 3.05) is 0 Å². The lowest BCUT2D eigenvalue weighted by atomic mass is 9.45. The molecule has 1 aromatic carbocycles. The minimum atomic E-state index is -1.22. The molecule has 1 aromatic rings. The number of ether oxygens (including phenoxy) is 2. The largest absolute Gasteiger partial charge is 0.481 e. The van der Waals surface area contributed by atoms with Gasteiger partial charge in [-0.1, -0.05) is 65.7 Å². The zero-order valence-corrected chi connectivity index (χ0v) is 30.7. The molecule has 0 amide bonds. The number of hydrogen-bond donors (Lipinski definition) is 2. The zero-order valence-electron chi connectivity index (χ0n) is 30.7. The number of allylic oxidation sites excluding steroid dienone is 1. The van der Waals surface area contributed by atoms with Crippen LogP contribution in [0.15, 0.2) is 35.4 Å². The third kappa shape index (κ3) is 4.72. The summed E-state index contributed by atoms with van der Waals surface area (Å²) in [4.78, 5) is 41.1. The number of benzene rings is 1. The number of fused-ring (bicyclic) bond motifs is 7. The predicted molar refractivity (Wildman–Crippen MR) is 187 cm³/mol. The average Bonchev–Trinajstić information content (AvgIpc) is 3.29. The quantitative estimate of drug-likeness (QED) is 0.187. The molecular formula is C42H56O7. The Kier molecular flexibility index (Phi) is 7.95. The Morgan fingerprint density at radius 1 is 0.980 bits per heavy atom. The molecular weight excluding hydrogens is 616 g/mol. The van der Waals surface area contributed by atoms with E-state index in [2.05, 4.69) is 47.3 Å². The number of hydrogen-bond acceptors (Lipinski definition) is 6. The molecule has 49 heavy (non-hydrogen) atoms. The van der Waals surface area contributed by atoms with E-state index in [1.165, 1.54) is 6.92 Å². The summed E-state index contributed by atoms with van der Waals surface area (Å²) in [5, 5.41) is 22.6. The van der Waals surface area contributed by atoms with E-state index in [9.17, 15) is 24.6 Å². The normalized spacial score (nSPS) is 39.0. The fourth-order valence-electron chi connectivity index (χ4n) is 12.8. The molecule has 7 nitrogen and oxygen atoms in total. The Balaban J connectivity index is 1.45. The van der Waals surface area contributed by atoms with Crippen molar-refractivity contribution in [1.29, 1.82) is 0 Å². The van der Waals surface area contributed by atoms with E-state index in [-0.39, 0.29) is 40.0 Å². The van der Waals surface area contributed by atoms with E-state index < -0.39 is 34.9 Å². The van der Waals surface area contributed by atoms with Gasteiger partial charge in [0, 0.05) is 18.1 Å². The van der Waals surface area contributed by atoms with E-state index in [1.807, 2.05) is 13.0 Å². The summed E-state index contributed by atoms with van der Waals surface area (Å²) in [5.74, 6) is -1.16. The van der Waals surface area contributed by atoms with Crippen molar-refractivity contribution >= 4 is 17.9 Å². The maximum atomic E-state index is 14.7. The summed E-state index contributed by atoms with van der Waals surface area (Å²) in [6.07, 6.45) is 7.52. The van der Waals surface area contributed by atoms with Gasteiger partial charge in [-0.25, -0.2) is 0 Å². The van der Waals surface area contributed by atoms with Gasteiger partial charge in [-0.3, -0.25) is 14.4 Å². The molecule has 3 saturated carbocycles. The molecule has 8 atom stereocenters. The van der Waals surface area contributed by atoms with E-state index in [0.29, 0.717) is 37.9 Å². The third-order valence-electron chi connectivity index (χ3n) is 15.0. The lowest BCUT2D eigenvalue weighted by Crippen LogP contribution is -2.56. The maximum Gasteiger partial charge on any atom is 0.326 e. The molecule has 0 saturated heterocycles. The van der Waals surface area contributed by atoms with Crippen LogP contribution >= 0.6 is 0 Å². The van der Waals surface area contributed by atoms with Gasteiger partial charge in [0.15, 0.2) is 0 Å². The fraction of sp³-hybridized carbons (Fsp3) is 0.690. The summed E-state index contributed by atoms with van der Waals surface area (Å²) < 4.78 is 12.5. The van der Waals surface area contributed by atoms with Crippen molar-refractivity contribution in [3.63, 3.8) is 0 Å². The van der Waals surface area contributed by atoms with E-state index in [1.54, 1.807) is 0 Å². The van der Waals surface area contributed by atoms with Gasteiger partial charge in [0.2, 0.25) is 0 Å². The van der Waals surface area contributed by atoms with Crippen LogP contribution < -0.4 is 4.74 Å². The molecule has 1 aliphatic heterocycles. The number of carboxylic acids is 1. The summed E-state index contributed by atoms with van der Waals surface area (Å²) >= 11 is 0. The molecule has 1 spiro atoms. The van der Waals surface area contributed by atoms with Gasteiger partial charge in [-0.05, 0) is 128 Å². The van der Waals surface area contributed by atoms with Crippen LogP contribution in [-0.2, 0) is 30.0 Å². The first-order valence-corrected chi connectivity index (χ1v) is 18.8. The monoisotopic (exact) mass is 672 g/mol. The molecule has 1 heterocycles. The highest BCUT2D eigenvalue weighted by Gasteiger charge is 2.64. The van der Waals surface area contributed by atoms with Crippen LogP contribution in [0.3, 0.4) is 0 Å². The Morgan fingerprint density at radius 2 is 1.65 bits per heavy atom. The number of aliphatic carboxylic acids is 1. The molecule has 0 radical (unpaired) electrons. The van der Waals surface area contributed by atoms with E-state index >= 15 is 0 Å². The minimum absolute atomic E-state index is 0.0254. The van der Waals surface area contributed by atoms with Crippen molar-refractivity contribution < 1.29 is 34.1 Å². The number of rotatable bonds is 4. The Hall–Kier alpha value is -2.93. The van der Waals surface area contributed by atoms with Crippen molar-refractivity contribution in [3.8, 4) is 5.75 Å². The first-order valence-electron chi connectivity index (χ1n) is 18.8. The molecule has 2 N–H and O–H groups in total. The van der Waals surface area contributed by atoms with Crippen LogP contribution in [0.2, 0.25) is 0 Å². The molecule has 0 aromatic heterocycles. The number of carbonyl (C=O) groups excluding carboxylic acids is 2. The van der Waals surface area contributed by atoms with Crippen molar-refractivity contribution in [3.05, 3.63) is 52.1 Å². The lowest BCUT2D eigenvalue weighted by Gasteiger charge is -2.57. The second-order valence-corrected chi connectivity index (χ2v) is 18.3. The predicted octanol–water partition coefficient (Wildman–Crippen LogP) is 8.66. The second-order valence-electron chi connectivity index (χ2n) is 18.3. The van der Waals surface area contributed by atoms with Gasteiger partial charge in [0.1, 0.15) is 17.3 Å². The first kappa shape index (κ1) is 34.5. The molecule has 0 unspecified atom stereocenters. The number of aliphatic hydroxyl groups excluding tert-OH is 1. The molecule has 7 heteroatoms. The van der Waals surface area contributed by atoms with E-state index in [0.717, 1.165) is 78.4 Å². The van der Waals surface area contributed by atoms with Crippen molar-refractivity contribution in [2.45, 2.75) is 149 Å². The van der Waals surface area contributed by atoms with Crippen LogP contribution in [0.5, 0.6) is 5.75 Å². The standard InChI is InChI=1S/C42H56O7/c1-23-11-14-32-38(4,5)17-10-19-41(32,36(45)46)27(23)21-28-24(2)29(44)15-20-42(28)35-30(49-37(42)47)13-12-26-34(35)31(48-25(3)43)22-33-39(6,7)16-9-18-40(26,33)8/h12-13,27,29,31-33,44H,1,9-11,14-22H2,2-8H3,(H,45,46)/t27-,29-,31-,32-,33-,40+,41-,42-/m0/s1. The number of carboxylic acid groups (broad SMARTS) is 1. The van der Waals surface area contributed by atoms with Gasteiger partial charge < -0.3 is 19.7 Å². The van der Waals surface area contributed by atoms with Crippen molar-refractivity contribution in [1.82, 2.24) is 0 Å². The fourth-order valence-corrected chi connectivity index (χ4v) is 12.8. The summed E-state index contributed by atoms with van der Waals surface area (Å²) in [7, 11) is 0. The SMILES string of the molecule is C=C1CC[C@H]2C(C)(C)CCC[C@]2(C(=O)O)[C@H]1CC1=C(C)[C@@H](O)CC[C@]12C(=O)Oc1ccc3c(c12)[C@@H](OC(C)=O)C[C@H]1C(C)(C)CCC[C@]31C. The van der Waals surface area contributed by atoms with Gasteiger partial charge in [0.05, 0.1) is 11.5 Å². The topological polar surface area (TPSA) is 110 Å². The van der Waals surface area contributed by atoms with Gasteiger partial charge in [-0.15, -0.1) is 0 Å². The van der Waals surface area contributed by atoms with Gasteiger partial charge in [0.25, 0.3) is 0 Å². The molecule has 6 aliphatic rings. The smallest absolute Gasteiger partial charge is 0.326 e. The summed E-state index contributed by atoms with van der Waals surface area (Å²) in [6, 6.07) is 4.05. The highest BCUT2D eigenvalue weighted by atomic mass is 16.5. The molecule has 3 fully saturated rings. The third-order valence-corrected chi connectivity index (χ3v) is 15.0. The molecule has 5 aliphatic carbocycles. The van der Waals surface area contributed by atoms with Gasteiger partial charge >= 0.3 is 17.9 Å². The minimum Gasteiger partial charge on any atom is -0.481 e. The maximum absolute atomic E-state index is 14.7. The average molecular weight is 673 g/mol.